The molecule has 170 valence electrons. The van der Waals surface area contributed by atoms with Crippen LogP contribution in [0.25, 0.3) is 6.08 Å². The molecule has 0 saturated carbocycles. The SMILES string of the molecule is CC(C)C(NS(C)(=O)=O)c1nnc2n1CCN(C/C=C/c1ccc(N(C)C)cc1)CC2. The van der Waals surface area contributed by atoms with E-state index in [1.807, 2.05) is 27.9 Å². The zero-order valence-corrected chi connectivity index (χ0v) is 19.9. The predicted molar refractivity (Wildman–Crippen MR) is 126 cm³/mol. The highest BCUT2D eigenvalue weighted by molar-refractivity contribution is 7.88. The van der Waals surface area contributed by atoms with Crippen LogP contribution < -0.4 is 9.62 Å². The lowest BCUT2D eigenvalue weighted by Gasteiger charge is -2.22. The van der Waals surface area contributed by atoms with Gasteiger partial charge in [0, 0.05) is 52.4 Å². The van der Waals surface area contributed by atoms with E-state index in [1.165, 1.54) is 17.5 Å². The minimum atomic E-state index is -3.34. The second-order valence-corrected chi connectivity index (χ2v) is 10.5. The summed E-state index contributed by atoms with van der Waals surface area (Å²) in [5.74, 6) is 1.69. The molecule has 0 spiro atoms. The number of rotatable bonds is 8. The number of anilines is 1. The van der Waals surface area contributed by atoms with Crippen molar-refractivity contribution in [1.29, 1.82) is 0 Å². The topological polar surface area (TPSA) is 83.4 Å². The van der Waals surface area contributed by atoms with Gasteiger partial charge in [-0.25, -0.2) is 13.1 Å². The number of fused-ring (bicyclic) bond motifs is 1. The van der Waals surface area contributed by atoms with E-state index in [0.29, 0.717) is 5.82 Å². The van der Waals surface area contributed by atoms with Crippen molar-refractivity contribution < 1.29 is 8.42 Å². The highest BCUT2D eigenvalue weighted by atomic mass is 32.2. The van der Waals surface area contributed by atoms with Crippen LogP contribution >= 0.6 is 0 Å². The molecule has 0 bridgehead atoms. The largest absolute Gasteiger partial charge is 0.378 e. The summed E-state index contributed by atoms with van der Waals surface area (Å²) in [4.78, 5) is 4.48. The van der Waals surface area contributed by atoms with Crippen LogP contribution in [0, 0.1) is 5.92 Å². The standard InChI is InChI=1S/C22H34N6O2S/c1-17(2)21(25-31(5,29)30)22-24-23-20-12-14-27(15-16-28(20)22)13-6-7-18-8-10-19(11-9-18)26(3)4/h6-11,17,21,25H,12-16H2,1-5H3/b7-6+. The maximum atomic E-state index is 11.8. The smallest absolute Gasteiger partial charge is 0.209 e. The molecule has 1 aromatic heterocycles. The molecule has 0 amide bonds. The summed E-state index contributed by atoms with van der Waals surface area (Å²) >= 11 is 0. The minimum absolute atomic E-state index is 0.0733. The summed E-state index contributed by atoms with van der Waals surface area (Å²) in [5.41, 5.74) is 2.38. The Morgan fingerprint density at radius 3 is 2.45 bits per heavy atom. The predicted octanol–water partition coefficient (Wildman–Crippen LogP) is 2.16. The molecule has 2 heterocycles. The zero-order chi connectivity index (χ0) is 22.6. The number of sulfonamides is 1. The first-order valence-corrected chi connectivity index (χ1v) is 12.6. The summed E-state index contributed by atoms with van der Waals surface area (Å²) in [7, 11) is 0.737. The van der Waals surface area contributed by atoms with E-state index in [0.717, 1.165) is 38.4 Å². The lowest BCUT2D eigenvalue weighted by molar-refractivity contribution is 0.305. The first-order chi connectivity index (χ1) is 14.6. The van der Waals surface area contributed by atoms with E-state index in [-0.39, 0.29) is 12.0 Å². The Balaban J connectivity index is 1.63. The third-order valence-electron chi connectivity index (χ3n) is 5.52. The molecule has 9 heteroatoms. The summed E-state index contributed by atoms with van der Waals surface area (Å²) in [6.07, 6.45) is 6.33. The van der Waals surface area contributed by atoms with Gasteiger partial charge in [0.1, 0.15) is 5.82 Å². The molecular formula is C22H34N6O2S. The van der Waals surface area contributed by atoms with Crippen molar-refractivity contribution in [3.63, 3.8) is 0 Å². The van der Waals surface area contributed by atoms with Gasteiger partial charge in [0.2, 0.25) is 10.0 Å². The van der Waals surface area contributed by atoms with Gasteiger partial charge in [-0.3, -0.25) is 4.90 Å². The maximum Gasteiger partial charge on any atom is 0.209 e. The molecule has 1 N–H and O–H groups in total. The van der Waals surface area contributed by atoms with Crippen molar-refractivity contribution in [2.75, 3.05) is 44.9 Å². The quantitative estimate of drug-likeness (QED) is 0.669. The highest BCUT2D eigenvalue weighted by Gasteiger charge is 2.28. The van der Waals surface area contributed by atoms with Gasteiger partial charge in [-0.1, -0.05) is 38.1 Å². The molecule has 1 aromatic carbocycles. The van der Waals surface area contributed by atoms with Crippen molar-refractivity contribution in [2.45, 2.75) is 32.9 Å². The monoisotopic (exact) mass is 446 g/mol. The van der Waals surface area contributed by atoms with Crippen LogP contribution in [0.5, 0.6) is 0 Å². The molecule has 1 aliphatic heterocycles. The third kappa shape index (κ3) is 6.38. The van der Waals surface area contributed by atoms with Gasteiger partial charge in [-0.15, -0.1) is 10.2 Å². The van der Waals surface area contributed by atoms with E-state index in [2.05, 4.69) is 65.7 Å². The average molecular weight is 447 g/mol. The number of nitrogens with zero attached hydrogens (tertiary/aromatic N) is 5. The lowest BCUT2D eigenvalue weighted by Crippen LogP contribution is -2.33. The molecule has 0 saturated heterocycles. The summed E-state index contributed by atoms with van der Waals surface area (Å²) in [6, 6.07) is 8.11. The van der Waals surface area contributed by atoms with Crippen LogP contribution in [-0.2, 0) is 23.0 Å². The Hall–Kier alpha value is -2.23. The van der Waals surface area contributed by atoms with E-state index in [1.54, 1.807) is 0 Å². The third-order valence-corrected chi connectivity index (χ3v) is 6.20. The van der Waals surface area contributed by atoms with Gasteiger partial charge in [0.15, 0.2) is 5.82 Å². The first kappa shape index (κ1) is 23.4. The van der Waals surface area contributed by atoms with E-state index in [9.17, 15) is 8.42 Å². The summed E-state index contributed by atoms with van der Waals surface area (Å²) in [6.45, 7) is 7.35. The first-order valence-electron chi connectivity index (χ1n) is 10.7. The number of benzene rings is 1. The number of nitrogens with one attached hydrogen (secondary N) is 1. The average Bonchev–Trinajstić information content (AvgIpc) is 2.99. The van der Waals surface area contributed by atoms with Gasteiger partial charge < -0.3 is 9.47 Å². The van der Waals surface area contributed by atoms with Crippen LogP contribution in [0.1, 0.15) is 37.1 Å². The minimum Gasteiger partial charge on any atom is -0.378 e. The molecule has 8 nitrogen and oxygen atoms in total. The van der Waals surface area contributed by atoms with Crippen molar-refractivity contribution in [3.8, 4) is 0 Å². The molecule has 1 aliphatic rings. The van der Waals surface area contributed by atoms with Crippen molar-refractivity contribution in [2.24, 2.45) is 5.92 Å². The van der Waals surface area contributed by atoms with Crippen LogP contribution in [0.15, 0.2) is 30.3 Å². The van der Waals surface area contributed by atoms with Crippen LogP contribution in [0.2, 0.25) is 0 Å². The Morgan fingerprint density at radius 2 is 1.84 bits per heavy atom. The Labute approximate surface area is 186 Å². The zero-order valence-electron chi connectivity index (χ0n) is 19.1. The van der Waals surface area contributed by atoms with Crippen molar-refractivity contribution in [1.82, 2.24) is 24.4 Å². The van der Waals surface area contributed by atoms with Crippen LogP contribution in [0.3, 0.4) is 0 Å². The fourth-order valence-corrected chi connectivity index (χ4v) is 4.58. The number of aromatic nitrogens is 3. The van der Waals surface area contributed by atoms with Gasteiger partial charge in [-0.05, 0) is 23.6 Å². The van der Waals surface area contributed by atoms with Gasteiger partial charge >= 0.3 is 0 Å². The number of hydrogen-bond donors (Lipinski definition) is 1. The molecule has 1 atom stereocenters. The van der Waals surface area contributed by atoms with E-state index < -0.39 is 10.0 Å². The Bertz CT molecular complexity index is 996. The normalized spacial score (nSPS) is 16.5. The lowest BCUT2D eigenvalue weighted by atomic mass is 10.1. The van der Waals surface area contributed by atoms with Gasteiger partial charge in [0.05, 0.1) is 12.3 Å². The van der Waals surface area contributed by atoms with Crippen molar-refractivity contribution in [3.05, 3.63) is 47.6 Å². The van der Waals surface area contributed by atoms with E-state index >= 15 is 0 Å². The molecular weight excluding hydrogens is 412 g/mol. The fraction of sp³-hybridized carbons (Fsp3) is 0.545. The van der Waals surface area contributed by atoms with E-state index in [4.69, 9.17) is 0 Å². The maximum absolute atomic E-state index is 11.8. The van der Waals surface area contributed by atoms with Gasteiger partial charge in [-0.2, -0.15) is 0 Å². The van der Waals surface area contributed by atoms with Crippen molar-refractivity contribution >= 4 is 21.8 Å². The second-order valence-electron chi connectivity index (χ2n) is 8.68. The second kappa shape index (κ2) is 9.93. The van der Waals surface area contributed by atoms with Crippen LogP contribution in [0.4, 0.5) is 5.69 Å². The van der Waals surface area contributed by atoms with Gasteiger partial charge in [0.25, 0.3) is 0 Å². The Morgan fingerprint density at radius 1 is 1.13 bits per heavy atom. The highest BCUT2D eigenvalue weighted by Crippen LogP contribution is 2.23. The molecule has 0 aliphatic carbocycles. The molecule has 2 aromatic rings. The molecule has 3 rings (SSSR count). The molecule has 31 heavy (non-hydrogen) atoms. The number of hydrogen-bond acceptors (Lipinski definition) is 6. The summed E-state index contributed by atoms with van der Waals surface area (Å²) < 4.78 is 28.5. The molecule has 0 radical (unpaired) electrons. The molecule has 0 fully saturated rings. The van der Waals surface area contributed by atoms with Crippen LogP contribution in [-0.4, -0.2) is 68.1 Å². The Kier molecular flexibility index (Phi) is 7.51. The molecule has 1 unspecified atom stereocenters. The fourth-order valence-electron chi connectivity index (χ4n) is 3.74. The summed E-state index contributed by atoms with van der Waals surface area (Å²) in [5, 5.41) is 8.71.